The first-order valence-corrected chi connectivity index (χ1v) is 7.75. The second-order valence-electron chi connectivity index (χ2n) is 5.69. The third kappa shape index (κ3) is 4.13. The van der Waals surface area contributed by atoms with Crippen molar-refractivity contribution >= 4 is 34.2 Å². The monoisotopic (exact) mass is 404 g/mol. The zero-order valence-electron chi connectivity index (χ0n) is 11.9. The highest BCUT2D eigenvalue weighted by molar-refractivity contribution is 14.1. The van der Waals surface area contributed by atoms with Gasteiger partial charge in [-0.05, 0) is 55.3 Å². The lowest BCUT2D eigenvalue weighted by atomic mass is 9.94. The molecule has 0 aromatic heterocycles. The van der Waals surface area contributed by atoms with Crippen molar-refractivity contribution in [1.29, 1.82) is 0 Å². The molecule has 1 amide bonds. The van der Waals surface area contributed by atoms with E-state index in [9.17, 15) is 14.9 Å². The van der Waals surface area contributed by atoms with Gasteiger partial charge in [-0.1, -0.05) is 0 Å². The summed E-state index contributed by atoms with van der Waals surface area (Å²) in [5.41, 5.74) is 0.00781. The highest BCUT2D eigenvalue weighted by Gasteiger charge is 2.30. The van der Waals surface area contributed by atoms with Crippen LogP contribution in [-0.4, -0.2) is 29.1 Å². The van der Waals surface area contributed by atoms with E-state index >= 15 is 0 Å². The molecular formula is C14H17IN2O4. The van der Waals surface area contributed by atoms with Crippen LogP contribution in [0.5, 0.6) is 0 Å². The van der Waals surface area contributed by atoms with Crippen LogP contribution >= 0.6 is 22.6 Å². The summed E-state index contributed by atoms with van der Waals surface area (Å²) in [7, 11) is 0. The van der Waals surface area contributed by atoms with Gasteiger partial charge in [0.05, 0.1) is 16.1 Å². The second-order valence-corrected chi connectivity index (χ2v) is 6.85. The van der Waals surface area contributed by atoms with Crippen LogP contribution in [0.1, 0.15) is 37.0 Å². The van der Waals surface area contributed by atoms with Gasteiger partial charge in [0, 0.05) is 28.4 Å². The molecule has 1 fully saturated rings. The van der Waals surface area contributed by atoms with Gasteiger partial charge in [-0.2, -0.15) is 0 Å². The summed E-state index contributed by atoms with van der Waals surface area (Å²) in [4.78, 5) is 22.7. The van der Waals surface area contributed by atoms with Crippen molar-refractivity contribution in [2.24, 2.45) is 0 Å². The van der Waals surface area contributed by atoms with E-state index in [-0.39, 0.29) is 23.2 Å². The summed E-state index contributed by atoms with van der Waals surface area (Å²) in [5.74, 6) is -0.272. The number of halogens is 1. The van der Waals surface area contributed by atoms with Gasteiger partial charge in [-0.15, -0.1) is 0 Å². The summed E-state index contributed by atoms with van der Waals surface area (Å²) in [6.07, 6.45) is 1.48. The first-order chi connectivity index (χ1) is 9.78. The number of benzene rings is 1. The van der Waals surface area contributed by atoms with E-state index in [1.807, 2.05) is 36.4 Å². The van der Waals surface area contributed by atoms with Crippen molar-refractivity contribution in [2.75, 3.05) is 6.61 Å². The molecule has 0 saturated carbocycles. The number of hydrogen-bond acceptors (Lipinski definition) is 4. The van der Waals surface area contributed by atoms with Gasteiger partial charge < -0.3 is 10.1 Å². The van der Waals surface area contributed by atoms with Gasteiger partial charge in [0.15, 0.2) is 0 Å². The number of nitro benzene ring substituents is 1. The van der Waals surface area contributed by atoms with Crippen molar-refractivity contribution in [2.45, 2.75) is 38.3 Å². The second kappa shape index (κ2) is 6.27. The Morgan fingerprint density at radius 3 is 2.86 bits per heavy atom. The molecule has 21 heavy (non-hydrogen) atoms. The number of rotatable bonds is 3. The van der Waals surface area contributed by atoms with E-state index in [4.69, 9.17) is 4.74 Å². The molecule has 1 unspecified atom stereocenters. The smallest absolute Gasteiger partial charge is 0.270 e. The van der Waals surface area contributed by atoms with Crippen LogP contribution in [0, 0.1) is 13.7 Å². The quantitative estimate of drug-likeness (QED) is 0.477. The topological polar surface area (TPSA) is 81.5 Å². The molecule has 1 atom stereocenters. The van der Waals surface area contributed by atoms with Crippen LogP contribution < -0.4 is 5.32 Å². The lowest BCUT2D eigenvalue weighted by Crippen LogP contribution is -2.45. The Balaban J connectivity index is 2.13. The molecule has 1 aromatic rings. The first kappa shape index (κ1) is 16.2. The minimum atomic E-state index is -0.496. The molecule has 0 spiro atoms. The standard InChI is InChI=1S/C14H17IN2O4/c1-14(2)8-9(5-6-21-14)16-13(18)11-7-10(17(19)20)3-4-12(11)15/h3-4,7,9H,5-6,8H2,1-2H3,(H,16,18). The summed E-state index contributed by atoms with van der Waals surface area (Å²) in [5, 5.41) is 13.8. The number of carbonyl (C=O) groups excluding carboxylic acids is 1. The maximum Gasteiger partial charge on any atom is 0.270 e. The number of carbonyl (C=O) groups is 1. The highest BCUT2D eigenvalue weighted by atomic mass is 127. The third-order valence-corrected chi connectivity index (χ3v) is 4.38. The SMILES string of the molecule is CC1(C)CC(NC(=O)c2cc([N+](=O)[O-])ccc2I)CCO1. The molecule has 1 aromatic carbocycles. The van der Waals surface area contributed by atoms with Gasteiger partial charge in [-0.3, -0.25) is 14.9 Å². The number of nitrogens with zero attached hydrogens (tertiary/aromatic N) is 1. The summed E-state index contributed by atoms with van der Waals surface area (Å²) in [6.45, 7) is 4.58. The van der Waals surface area contributed by atoms with E-state index in [1.54, 1.807) is 6.07 Å². The number of non-ortho nitro benzene ring substituents is 1. The minimum Gasteiger partial charge on any atom is -0.375 e. The van der Waals surface area contributed by atoms with Crippen molar-refractivity contribution in [3.8, 4) is 0 Å². The van der Waals surface area contributed by atoms with Gasteiger partial charge in [0.25, 0.3) is 11.6 Å². The molecule has 1 heterocycles. The molecular weight excluding hydrogens is 387 g/mol. The Bertz CT molecular complexity index is 574. The van der Waals surface area contributed by atoms with Crippen molar-refractivity contribution < 1.29 is 14.5 Å². The third-order valence-electron chi connectivity index (χ3n) is 3.44. The molecule has 2 rings (SSSR count). The fourth-order valence-electron chi connectivity index (χ4n) is 2.42. The van der Waals surface area contributed by atoms with E-state index in [2.05, 4.69) is 5.32 Å². The molecule has 7 heteroatoms. The predicted octanol–water partition coefficient (Wildman–Crippen LogP) is 2.89. The van der Waals surface area contributed by atoms with Crippen LogP contribution in [0.15, 0.2) is 18.2 Å². The van der Waals surface area contributed by atoms with Gasteiger partial charge in [-0.25, -0.2) is 0 Å². The number of amides is 1. The Hall–Kier alpha value is -1.22. The number of hydrogen-bond donors (Lipinski definition) is 1. The predicted molar refractivity (Wildman–Crippen MR) is 86.3 cm³/mol. The number of ether oxygens (including phenoxy) is 1. The van der Waals surface area contributed by atoms with Crippen LogP contribution in [0.25, 0.3) is 0 Å². The van der Waals surface area contributed by atoms with E-state index in [1.165, 1.54) is 12.1 Å². The lowest BCUT2D eigenvalue weighted by Gasteiger charge is -2.35. The lowest BCUT2D eigenvalue weighted by molar-refractivity contribution is -0.384. The van der Waals surface area contributed by atoms with Crippen LogP contribution in [0.3, 0.4) is 0 Å². The van der Waals surface area contributed by atoms with E-state index in [0.29, 0.717) is 15.7 Å². The molecule has 0 bridgehead atoms. The fraction of sp³-hybridized carbons (Fsp3) is 0.500. The molecule has 0 radical (unpaired) electrons. The Labute approximate surface area is 136 Å². The van der Waals surface area contributed by atoms with Gasteiger partial charge in [0.2, 0.25) is 0 Å². The zero-order chi connectivity index (χ0) is 15.6. The number of nitro groups is 1. The molecule has 1 aliphatic heterocycles. The van der Waals surface area contributed by atoms with Gasteiger partial charge >= 0.3 is 0 Å². The number of nitrogens with one attached hydrogen (secondary N) is 1. The molecule has 1 saturated heterocycles. The molecule has 0 aliphatic carbocycles. The maximum atomic E-state index is 12.3. The minimum absolute atomic E-state index is 0.0244. The Morgan fingerprint density at radius 1 is 1.52 bits per heavy atom. The first-order valence-electron chi connectivity index (χ1n) is 6.67. The normalized spacial score (nSPS) is 20.8. The van der Waals surface area contributed by atoms with Crippen molar-refractivity contribution in [1.82, 2.24) is 5.32 Å². The Kier molecular flexibility index (Phi) is 4.82. The Morgan fingerprint density at radius 2 is 2.24 bits per heavy atom. The molecule has 114 valence electrons. The zero-order valence-corrected chi connectivity index (χ0v) is 14.0. The van der Waals surface area contributed by atoms with Crippen LogP contribution in [0.4, 0.5) is 5.69 Å². The molecule has 1 N–H and O–H groups in total. The largest absolute Gasteiger partial charge is 0.375 e. The average Bonchev–Trinajstić information content (AvgIpc) is 2.37. The summed E-state index contributed by atoms with van der Waals surface area (Å²) in [6, 6.07) is 4.33. The van der Waals surface area contributed by atoms with E-state index in [0.717, 1.165) is 12.8 Å². The molecule has 6 nitrogen and oxygen atoms in total. The molecule has 1 aliphatic rings. The highest BCUT2D eigenvalue weighted by Crippen LogP contribution is 2.25. The average molecular weight is 404 g/mol. The van der Waals surface area contributed by atoms with Gasteiger partial charge in [0.1, 0.15) is 0 Å². The summed E-state index contributed by atoms with van der Waals surface area (Å²) >= 11 is 2.01. The van der Waals surface area contributed by atoms with Crippen LogP contribution in [0.2, 0.25) is 0 Å². The fourth-order valence-corrected chi connectivity index (χ4v) is 3.00. The maximum absolute atomic E-state index is 12.3. The summed E-state index contributed by atoms with van der Waals surface area (Å²) < 4.78 is 6.31. The van der Waals surface area contributed by atoms with Crippen molar-refractivity contribution in [3.63, 3.8) is 0 Å². The van der Waals surface area contributed by atoms with E-state index < -0.39 is 4.92 Å². The van der Waals surface area contributed by atoms with Crippen molar-refractivity contribution in [3.05, 3.63) is 37.4 Å². The van der Waals surface area contributed by atoms with Crippen LogP contribution in [-0.2, 0) is 4.74 Å².